The lowest BCUT2D eigenvalue weighted by atomic mass is 10.0. The molecule has 1 aliphatic rings. The number of alkyl halides is 3. The van der Waals surface area contributed by atoms with Crippen LogP contribution < -0.4 is 15.6 Å². The molecule has 0 amide bonds. The quantitative estimate of drug-likeness (QED) is 0.338. The van der Waals surface area contributed by atoms with E-state index in [-0.39, 0.29) is 27.3 Å². The SMILES string of the molecule is Cc1cc(C(C)Nc2sc(C(F)(F)F)nc2C(=O)O)c2oc(N3Cc4ccccc4C3)cc(=O)c2c1. The second kappa shape index (κ2) is 8.66. The summed E-state index contributed by atoms with van der Waals surface area (Å²) in [5.74, 6) is -1.20. The van der Waals surface area contributed by atoms with Gasteiger partial charge in [-0.1, -0.05) is 41.7 Å². The van der Waals surface area contributed by atoms with Gasteiger partial charge in [0.15, 0.2) is 11.1 Å². The number of nitrogens with one attached hydrogen (secondary N) is 1. The van der Waals surface area contributed by atoms with E-state index in [1.54, 1.807) is 26.0 Å². The monoisotopic (exact) mass is 515 g/mol. The Morgan fingerprint density at radius 1 is 1.19 bits per heavy atom. The number of aryl methyl sites for hydroxylation is 1. The predicted octanol–water partition coefficient (Wildman–Crippen LogP) is 5.97. The van der Waals surface area contributed by atoms with Crippen molar-refractivity contribution in [2.45, 2.75) is 39.2 Å². The fraction of sp³-hybridized carbons (Fsp3) is 0.240. The molecular weight excluding hydrogens is 495 g/mol. The van der Waals surface area contributed by atoms with Crippen molar-refractivity contribution >= 4 is 39.2 Å². The van der Waals surface area contributed by atoms with E-state index in [9.17, 15) is 27.9 Å². The van der Waals surface area contributed by atoms with Crippen LogP contribution in [0.1, 0.15) is 50.7 Å². The molecule has 4 aromatic rings. The van der Waals surface area contributed by atoms with Gasteiger partial charge in [-0.15, -0.1) is 0 Å². The van der Waals surface area contributed by atoms with E-state index in [1.807, 2.05) is 29.2 Å². The number of thiazole rings is 1. The Morgan fingerprint density at radius 2 is 1.86 bits per heavy atom. The average Bonchev–Trinajstić information content (AvgIpc) is 3.43. The van der Waals surface area contributed by atoms with Crippen molar-refractivity contribution in [3.8, 4) is 0 Å². The number of benzene rings is 2. The molecule has 0 aliphatic carbocycles. The van der Waals surface area contributed by atoms with Crippen LogP contribution in [0.4, 0.5) is 24.1 Å². The summed E-state index contributed by atoms with van der Waals surface area (Å²) in [7, 11) is 0. The largest absolute Gasteiger partial charge is 0.476 e. The molecular formula is C25H20F3N3O4S. The minimum Gasteiger partial charge on any atom is -0.476 e. The van der Waals surface area contributed by atoms with E-state index in [1.165, 1.54) is 6.07 Å². The third-order valence-corrected chi connectivity index (χ3v) is 7.06. The molecule has 5 rings (SSSR count). The van der Waals surface area contributed by atoms with Gasteiger partial charge in [0, 0.05) is 24.7 Å². The number of halogens is 3. The second-order valence-electron chi connectivity index (χ2n) is 8.67. The number of hydrogen-bond acceptors (Lipinski definition) is 7. The molecule has 7 nitrogen and oxygen atoms in total. The number of carboxylic acid groups (broad SMARTS) is 1. The molecule has 0 saturated carbocycles. The highest BCUT2D eigenvalue weighted by molar-refractivity contribution is 7.16. The van der Waals surface area contributed by atoms with Crippen molar-refractivity contribution < 1.29 is 27.5 Å². The Balaban J connectivity index is 1.55. The first-order valence-electron chi connectivity index (χ1n) is 11.0. The number of carbonyl (C=O) groups is 1. The Hall–Kier alpha value is -3.86. The zero-order valence-corrected chi connectivity index (χ0v) is 20.0. The zero-order chi connectivity index (χ0) is 25.8. The number of aromatic nitrogens is 1. The van der Waals surface area contributed by atoms with E-state index in [0.29, 0.717) is 29.9 Å². The van der Waals surface area contributed by atoms with Gasteiger partial charge in [0.05, 0.1) is 11.4 Å². The highest BCUT2D eigenvalue weighted by Gasteiger charge is 2.37. The molecule has 0 spiro atoms. The maximum Gasteiger partial charge on any atom is 0.443 e. The molecule has 186 valence electrons. The number of fused-ring (bicyclic) bond motifs is 2. The van der Waals surface area contributed by atoms with E-state index in [4.69, 9.17) is 4.42 Å². The van der Waals surface area contributed by atoms with Crippen LogP contribution in [-0.2, 0) is 19.3 Å². The van der Waals surface area contributed by atoms with Gasteiger partial charge >= 0.3 is 12.1 Å². The van der Waals surface area contributed by atoms with Crippen molar-refractivity contribution in [2.24, 2.45) is 0 Å². The van der Waals surface area contributed by atoms with Crippen LogP contribution in [0.2, 0.25) is 0 Å². The van der Waals surface area contributed by atoms with Gasteiger partial charge in [-0.2, -0.15) is 13.2 Å². The highest BCUT2D eigenvalue weighted by Crippen LogP contribution is 2.39. The van der Waals surface area contributed by atoms with Crippen LogP contribution in [0, 0.1) is 6.92 Å². The number of rotatable bonds is 5. The number of hydrogen-bond donors (Lipinski definition) is 2. The van der Waals surface area contributed by atoms with Crippen LogP contribution in [0.15, 0.2) is 51.7 Å². The summed E-state index contributed by atoms with van der Waals surface area (Å²) >= 11 is 0.218. The van der Waals surface area contributed by atoms with Gasteiger partial charge in [0.1, 0.15) is 10.6 Å². The number of carboxylic acids is 1. The van der Waals surface area contributed by atoms with E-state index < -0.39 is 28.9 Å². The van der Waals surface area contributed by atoms with Crippen molar-refractivity contribution in [2.75, 3.05) is 10.2 Å². The molecule has 36 heavy (non-hydrogen) atoms. The first-order chi connectivity index (χ1) is 17.0. The van der Waals surface area contributed by atoms with Gasteiger partial charge in [0.25, 0.3) is 0 Å². The molecule has 2 N–H and O–H groups in total. The lowest BCUT2D eigenvalue weighted by Crippen LogP contribution is -2.17. The van der Waals surface area contributed by atoms with Gasteiger partial charge in [-0.3, -0.25) is 4.79 Å². The minimum absolute atomic E-state index is 0.218. The van der Waals surface area contributed by atoms with Crippen molar-refractivity contribution in [3.63, 3.8) is 0 Å². The number of anilines is 2. The summed E-state index contributed by atoms with van der Waals surface area (Å²) in [5, 5.41) is 11.1. The van der Waals surface area contributed by atoms with Crippen molar-refractivity contribution in [3.05, 3.63) is 85.6 Å². The Kier molecular flexibility index (Phi) is 5.74. The molecule has 2 aromatic carbocycles. The van der Waals surface area contributed by atoms with Crippen LogP contribution in [-0.4, -0.2) is 16.1 Å². The number of nitrogens with zero attached hydrogens (tertiary/aromatic N) is 2. The topological polar surface area (TPSA) is 95.7 Å². The first-order valence-corrected chi connectivity index (χ1v) is 11.8. The molecule has 0 saturated heterocycles. The van der Waals surface area contributed by atoms with Crippen LogP contribution in [0.25, 0.3) is 11.0 Å². The summed E-state index contributed by atoms with van der Waals surface area (Å²) in [5.41, 5.74) is 2.85. The Labute approximate surface area is 206 Å². The molecule has 0 fully saturated rings. The third kappa shape index (κ3) is 4.30. The zero-order valence-electron chi connectivity index (χ0n) is 19.1. The predicted molar refractivity (Wildman–Crippen MR) is 130 cm³/mol. The lowest BCUT2D eigenvalue weighted by molar-refractivity contribution is -0.137. The van der Waals surface area contributed by atoms with Crippen LogP contribution >= 0.6 is 11.3 Å². The fourth-order valence-electron chi connectivity index (χ4n) is 4.35. The highest BCUT2D eigenvalue weighted by atomic mass is 32.1. The summed E-state index contributed by atoms with van der Waals surface area (Å²) in [6.45, 7) is 4.59. The van der Waals surface area contributed by atoms with Gasteiger partial charge in [-0.25, -0.2) is 9.78 Å². The van der Waals surface area contributed by atoms with E-state index in [0.717, 1.165) is 16.7 Å². The summed E-state index contributed by atoms with van der Waals surface area (Å²) in [6, 6.07) is 12.1. The maximum absolute atomic E-state index is 13.2. The molecule has 0 radical (unpaired) electrons. The van der Waals surface area contributed by atoms with Crippen LogP contribution in [0.3, 0.4) is 0 Å². The molecule has 1 unspecified atom stereocenters. The Bertz CT molecular complexity index is 1540. The van der Waals surface area contributed by atoms with Crippen LogP contribution in [0.5, 0.6) is 0 Å². The number of aromatic carboxylic acids is 1. The molecule has 1 atom stereocenters. The standard InChI is InChI=1S/C25H20F3N3O4S/c1-12-7-16(13(2)29-22-20(23(33)34)30-24(36-22)25(26,27)28)21-17(8-12)18(32)9-19(35-21)31-10-14-5-3-4-6-15(14)11-31/h3-9,13,29H,10-11H2,1-2H3,(H,33,34). The average molecular weight is 516 g/mol. The molecule has 11 heteroatoms. The molecule has 2 aromatic heterocycles. The fourth-order valence-corrected chi connectivity index (χ4v) is 5.26. The minimum atomic E-state index is -4.77. The molecule has 1 aliphatic heterocycles. The lowest BCUT2D eigenvalue weighted by Gasteiger charge is -2.20. The Morgan fingerprint density at radius 3 is 2.47 bits per heavy atom. The van der Waals surface area contributed by atoms with Crippen molar-refractivity contribution in [1.82, 2.24) is 4.98 Å². The van der Waals surface area contributed by atoms with Gasteiger partial charge in [-0.05, 0) is 36.6 Å². The summed E-state index contributed by atoms with van der Waals surface area (Å²) < 4.78 is 45.7. The van der Waals surface area contributed by atoms with Gasteiger partial charge < -0.3 is 19.7 Å². The molecule has 0 bridgehead atoms. The third-order valence-electron chi connectivity index (χ3n) is 6.03. The smallest absolute Gasteiger partial charge is 0.443 e. The molecule has 3 heterocycles. The first kappa shape index (κ1) is 23.9. The van der Waals surface area contributed by atoms with Crippen molar-refractivity contribution in [1.29, 1.82) is 0 Å². The van der Waals surface area contributed by atoms with Gasteiger partial charge in [0.2, 0.25) is 10.9 Å². The summed E-state index contributed by atoms with van der Waals surface area (Å²) in [4.78, 5) is 29.8. The second-order valence-corrected chi connectivity index (χ2v) is 9.67. The van der Waals surface area contributed by atoms with E-state index >= 15 is 0 Å². The van der Waals surface area contributed by atoms with E-state index in [2.05, 4.69) is 10.3 Å². The maximum atomic E-state index is 13.2. The normalized spacial score (nSPS) is 14.2. The summed E-state index contributed by atoms with van der Waals surface area (Å²) in [6.07, 6.45) is -4.77.